The largest absolute Gasteiger partial charge is 0.352 e. The quantitative estimate of drug-likeness (QED) is 0.362. The number of carbonyl (C=O) groups excluding carboxylic acids is 1. The highest BCUT2D eigenvalue weighted by molar-refractivity contribution is 5.95. The zero-order valence-corrected chi connectivity index (χ0v) is 14.5. The molecule has 0 aliphatic heterocycles. The number of para-hydroxylation sites is 1. The molecule has 0 saturated heterocycles. The molecule has 0 aliphatic rings. The Morgan fingerprint density at radius 3 is 2.67 bits per heavy atom. The van der Waals surface area contributed by atoms with Gasteiger partial charge in [0.15, 0.2) is 0 Å². The number of nitro benzene ring substituents is 1. The minimum Gasteiger partial charge on any atom is -0.352 e. The third-order valence-corrected chi connectivity index (χ3v) is 3.92. The summed E-state index contributed by atoms with van der Waals surface area (Å²) in [4.78, 5) is 23.2. The van der Waals surface area contributed by atoms with Crippen molar-refractivity contribution in [2.24, 2.45) is 0 Å². The van der Waals surface area contributed by atoms with Crippen LogP contribution in [-0.4, -0.2) is 27.2 Å². The van der Waals surface area contributed by atoms with Crippen molar-refractivity contribution in [2.75, 3.05) is 11.9 Å². The number of nitro groups is 1. The average Bonchev–Trinajstić information content (AvgIpc) is 3.19. The Hall–Kier alpha value is -3.68. The van der Waals surface area contributed by atoms with Gasteiger partial charge in [-0.05, 0) is 36.8 Å². The van der Waals surface area contributed by atoms with Gasteiger partial charge >= 0.3 is 0 Å². The lowest BCUT2D eigenvalue weighted by Gasteiger charge is -2.09. The number of aromatic nitrogens is 2. The number of aryl methyl sites for hydroxylation is 1. The summed E-state index contributed by atoms with van der Waals surface area (Å²) in [5, 5.41) is 21.3. The monoisotopic (exact) mass is 365 g/mol. The topological polar surface area (TPSA) is 102 Å². The van der Waals surface area contributed by atoms with E-state index in [1.807, 2.05) is 42.6 Å². The molecule has 1 heterocycles. The lowest BCUT2D eigenvalue weighted by molar-refractivity contribution is -0.383. The van der Waals surface area contributed by atoms with Crippen molar-refractivity contribution in [3.63, 3.8) is 0 Å². The van der Waals surface area contributed by atoms with Crippen molar-refractivity contribution < 1.29 is 9.72 Å². The van der Waals surface area contributed by atoms with Gasteiger partial charge in [-0.1, -0.05) is 18.2 Å². The molecule has 0 saturated carbocycles. The van der Waals surface area contributed by atoms with Crippen LogP contribution in [0.5, 0.6) is 0 Å². The molecule has 3 aromatic rings. The van der Waals surface area contributed by atoms with E-state index in [9.17, 15) is 14.9 Å². The minimum atomic E-state index is -0.500. The standard InChI is InChI=1S/C19H19N5O3/c25-19(20-10-4-12-23-13-5-11-21-23)15-8-9-17(18(14-15)24(26)27)22-16-6-2-1-3-7-16/h1-3,5-9,11,13-14,22H,4,10,12H2,(H,20,25). The normalized spacial score (nSPS) is 10.4. The number of nitrogens with one attached hydrogen (secondary N) is 2. The highest BCUT2D eigenvalue weighted by Gasteiger charge is 2.17. The van der Waals surface area contributed by atoms with Gasteiger partial charge in [0.25, 0.3) is 11.6 Å². The summed E-state index contributed by atoms with van der Waals surface area (Å²) in [5.74, 6) is -0.343. The number of carbonyl (C=O) groups is 1. The maximum atomic E-state index is 12.3. The number of hydrogen-bond donors (Lipinski definition) is 2. The fourth-order valence-electron chi connectivity index (χ4n) is 2.58. The van der Waals surface area contributed by atoms with Crippen LogP contribution in [0.15, 0.2) is 67.0 Å². The highest BCUT2D eigenvalue weighted by atomic mass is 16.6. The third-order valence-electron chi connectivity index (χ3n) is 3.92. The summed E-state index contributed by atoms with van der Waals surface area (Å²) < 4.78 is 1.78. The van der Waals surface area contributed by atoms with Crippen LogP contribution in [0.25, 0.3) is 0 Å². The van der Waals surface area contributed by atoms with Crippen molar-refractivity contribution in [1.29, 1.82) is 0 Å². The first-order valence-corrected chi connectivity index (χ1v) is 8.49. The predicted molar refractivity (Wildman–Crippen MR) is 102 cm³/mol. The van der Waals surface area contributed by atoms with Gasteiger partial charge in [-0.25, -0.2) is 0 Å². The predicted octanol–water partition coefficient (Wildman–Crippen LogP) is 3.36. The number of benzene rings is 2. The van der Waals surface area contributed by atoms with Crippen molar-refractivity contribution in [1.82, 2.24) is 15.1 Å². The molecule has 2 aromatic carbocycles. The minimum absolute atomic E-state index is 0.150. The zero-order valence-electron chi connectivity index (χ0n) is 14.5. The maximum absolute atomic E-state index is 12.3. The Bertz CT molecular complexity index is 910. The molecule has 2 N–H and O–H groups in total. The molecule has 27 heavy (non-hydrogen) atoms. The van der Waals surface area contributed by atoms with E-state index in [0.717, 1.165) is 5.69 Å². The van der Waals surface area contributed by atoms with Gasteiger partial charge in [0.1, 0.15) is 5.69 Å². The highest BCUT2D eigenvalue weighted by Crippen LogP contribution is 2.28. The van der Waals surface area contributed by atoms with Crippen LogP contribution in [0.2, 0.25) is 0 Å². The third kappa shape index (κ3) is 4.91. The summed E-state index contributed by atoms with van der Waals surface area (Å²) in [5.41, 5.74) is 1.17. The Morgan fingerprint density at radius 2 is 1.96 bits per heavy atom. The van der Waals surface area contributed by atoms with Crippen LogP contribution in [0.4, 0.5) is 17.1 Å². The molecule has 0 fully saturated rings. The van der Waals surface area contributed by atoms with E-state index < -0.39 is 4.92 Å². The second-order valence-corrected chi connectivity index (χ2v) is 5.86. The second kappa shape index (κ2) is 8.61. The van der Waals surface area contributed by atoms with Crippen molar-refractivity contribution in [3.8, 4) is 0 Å². The van der Waals surface area contributed by atoms with Crippen molar-refractivity contribution in [2.45, 2.75) is 13.0 Å². The molecule has 0 aliphatic carbocycles. The molecular weight excluding hydrogens is 346 g/mol. The molecule has 0 atom stereocenters. The van der Waals surface area contributed by atoms with Gasteiger partial charge < -0.3 is 10.6 Å². The Labute approximate surface area is 156 Å². The van der Waals surface area contributed by atoms with E-state index in [1.165, 1.54) is 6.07 Å². The summed E-state index contributed by atoms with van der Waals surface area (Å²) in [6.45, 7) is 1.14. The van der Waals surface area contributed by atoms with E-state index >= 15 is 0 Å². The lowest BCUT2D eigenvalue weighted by Crippen LogP contribution is -2.25. The lowest BCUT2D eigenvalue weighted by atomic mass is 10.1. The summed E-state index contributed by atoms with van der Waals surface area (Å²) in [6.07, 6.45) is 4.26. The van der Waals surface area contributed by atoms with E-state index in [-0.39, 0.29) is 17.2 Å². The van der Waals surface area contributed by atoms with Crippen LogP contribution in [0, 0.1) is 10.1 Å². The van der Waals surface area contributed by atoms with Crippen LogP contribution >= 0.6 is 0 Å². The van der Waals surface area contributed by atoms with Gasteiger partial charge in [0.05, 0.1) is 4.92 Å². The molecule has 0 radical (unpaired) electrons. The van der Waals surface area contributed by atoms with Gasteiger partial charge in [-0.2, -0.15) is 5.10 Å². The Balaban J connectivity index is 1.64. The number of amides is 1. The summed E-state index contributed by atoms with van der Waals surface area (Å²) in [6, 6.07) is 15.4. The van der Waals surface area contributed by atoms with Crippen LogP contribution < -0.4 is 10.6 Å². The fraction of sp³-hybridized carbons (Fsp3) is 0.158. The first-order chi connectivity index (χ1) is 13.1. The smallest absolute Gasteiger partial charge is 0.293 e. The van der Waals surface area contributed by atoms with E-state index in [2.05, 4.69) is 15.7 Å². The summed E-state index contributed by atoms with van der Waals surface area (Å²) in [7, 11) is 0. The average molecular weight is 365 g/mol. The number of nitrogens with zero attached hydrogens (tertiary/aromatic N) is 3. The van der Waals surface area contributed by atoms with Gasteiger partial charge in [0, 0.05) is 42.8 Å². The molecule has 8 nitrogen and oxygen atoms in total. The number of hydrogen-bond acceptors (Lipinski definition) is 5. The molecule has 1 aromatic heterocycles. The molecule has 0 unspecified atom stereocenters. The summed E-state index contributed by atoms with van der Waals surface area (Å²) >= 11 is 0. The number of anilines is 2. The Morgan fingerprint density at radius 1 is 1.15 bits per heavy atom. The van der Waals surface area contributed by atoms with E-state index in [0.29, 0.717) is 25.2 Å². The Kier molecular flexibility index (Phi) is 5.78. The molecule has 0 spiro atoms. The molecular formula is C19H19N5O3. The van der Waals surface area contributed by atoms with Crippen molar-refractivity contribution >= 4 is 23.0 Å². The molecule has 138 valence electrons. The van der Waals surface area contributed by atoms with Gasteiger partial charge in [-0.15, -0.1) is 0 Å². The fourth-order valence-corrected chi connectivity index (χ4v) is 2.58. The van der Waals surface area contributed by atoms with Crippen molar-refractivity contribution in [3.05, 3.63) is 82.7 Å². The SMILES string of the molecule is O=C(NCCCn1cccn1)c1ccc(Nc2ccccc2)c([N+](=O)[O-])c1. The first kappa shape index (κ1) is 18.1. The van der Waals surface area contributed by atoms with Crippen LogP contribution in [-0.2, 0) is 6.54 Å². The van der Waals surface area contributed by atoms with E-state index in [1.54, 1.807) is 23.0 Å². The van der Waals surface area contributed by atoms with Gasteiger partial charge in [0.2, 0.25) is 0 Å². The molecule has 3 rings (SSSR count). The first-order valence-electron chi connectivity index (χ1n) is 8.49. The molecule has 8 heteroatoms. The molecule has 0 bridgehead atoms. The number of rotatable bonds is 8. The van der Waals surface area contributed by atoms with E-state index in [4.69, 9.17) is 0 Å². The van der Waals surface area contributed by atoms with Crippen LogP contribution in [0.1, 0.15) is 16.8 Å². The van der Waals surface area contributed by atoms with Crippen LogP contribution in [0.3, 0.4) is 0 Å². The molecule has 1 amide bonds. The zero-order chi connectivity index (χ0) is 19.1. The maximum Gasteiger partial charge on any atom is 0.293 e. The second-order valence-electron chi connectivity index (χ2n) is 5.86. The van der Waals surface area contributed by atoms with Gasteiger partial charge in [-0.3, -0.25) is 19.6 Å².